The van der Waals surface area contributed by atoms with Crippen LogP contribution >= 0.6 is 0 Å². The molecule has 1 saturated heterocycles. The zero-order chi connectivity index (χ0) is 13.6. The van der Waals surface area contributed by atoms with Gasteiger partial charge < -0.3 is 15.2 Å². The lowest BCUT2D eigenvalue weighted by molar-refractivity contribution is -0.123. The Labute approximate surface area is 110 Å². The first-order valence-corrected chi connectivity index (χ1v) is 6.21. The Morgan fingerprint density at radius 1 is 1.37 bits per heavy atom. The van der Waals surface area contributed by atoms with Crippen LogP contribution in [-0.2, 0) is 16.6 Å². The maximum atomic E-state index is 12.1. The molecule has 2 aromatic rings. The van der Waals surface area contributed by atoms with Crippen molar-refractivity contribution < 1.29 is 9.59 Å². The molecule has 3 rings (SSSR count). The van der Waals surface area contributed by atoms with E-state index in [1.54, 1.807) is 4.90 Å². The van der Waals surface area contributed by atoms with Crippen molar-refractivity contribution in [1.29, 1.82) is 0 Å². The van der Waals surface area contributed by atoms with E-state index < -0.39 is 5.91 Å². The smallest absolute Gasteiger partial charge is 0.227 e. The van der Waals surface area contributed by atoms with Crippen LogP contribution in [0.4, 0.5) is 5.69 Å². The molecule has 0 saturated carbocycles. The molecule has 1 unspecified atom stereocenters. The molecule has 1 atom stereocenters. The second kappa shape index (κ2) is 4.12. The third kappa shape index (κ3) is 1.78. The molecule has 0 aliphatic carbocycles. The highest BCUT2D eigenvalue weighted by molar-refractivity contribution is 6.06. The SMILES string of the molecule is Cn1ccc2c(N3CC(C(N)=O)CC3=O)cccc21. The third-order valence-corrected chi connectivity index (χ3v) is 3.72. The molecule has 0 spiro atoms. The highest BCUT2D eigenvalue weighted by atomic mass is 16.2. The molecule has 0 bridgehead atoms. The standard InChI is InChI=1S/C14H15N3O2/c1-16-6-5-10-11(16)3-2-4-12(10)17-8-9(14(15)19)7-13(17)18/h2-6,9H,7-8H2,1H3,(H2,15,19). The van der Waals surface area contributed by atoms with Crippen LogP contribution in [0.2, 0.25) is 0 Å². The summed E-state index contributed by atoms with van der Waals surface area (Å²) in [7, 11) is 1.96. The number of benzene rings is 1. The van der Waals surface area contributed by atoms with E-state index in [0.717, 1.165) is 16.6 Å². The second-order valence-corrected chi connectivity index (χ2v) is 4.94. The van der Waals surface area contributed by atoms with Crippen molar-refractivity contribution >= 4 is 28.4 Å². The Kier molecular flexibility index (Phi) is 2.55. The summed E-state index contributed by atoms with van der Waals surface area (Å²) < 4.78 is 2.00. The van der Waals surface area contributed by atoms with Crippen molar-refractivity contribution in [3.63, 3.8) is 0 Å². The van der Waals surface area contributed by atoms with E-state index in [4.69, 9.17) is 5.73 Å². The molecule has 1 aromatic carbocycles. The van der Waals surface area contributed by atoms with Gasteiger partial charge in [-0.15, -0.1) is 0 Å². The maximum Gasteiger partial charge on any atom is 0.227 e. The van der Waals surface area contributed by atoms with Gasteiger partial charge in [-0.1, -0.05) is 6.07 Å². The van der Waals surface area contributed by atoms with Gasteiger partial charge in [-0.05, 0) is 18.2 Å². The number of anilines is 1. The van der Waals surface area contributed by atoms with Crippen LogP contribution in [0.3, 0.4) is 0 Å². The van der Waals surface area contributed by atoms with Crippen molar-refractivity contribution in [2.45, 2.75) is 6.42 Å². The summed E-state index contributed by atoms with van der Waals surface area (Å²) in [4.78, 5) is 24.9. The van der Waals surface area contributed by atoms with Crippen LogP contribution < -0.4 is 10.6 Å². The summed E-state index contributed by atoms with van der Waals surface area (Å²) in [6, 6.07) is 7.81. The number of fused-ring (bicyclic) bond motifs is 1. The van der Waals surface area contributed by atoms with Crippen molar-refractivity contribution in [2.24, 2.45) is 18.7 Å². The number of primary amides is 1. The van der Waals surface area contributed by atoms with Crippen LogP contribution in [0.25, 0.3) is 10.9 Å². The molecule has 1 aliphatic heterocycles. The molecule has 2 amide bonds. The van der Waals surface area contributed by atoms with Gasteiger partial charge in [0.2, 0.25) is 11.8 Å². The van der Waals surface area contributed by atoms with E-state index in [1.165, 1.54) is 0 Å². The molecule has 1 fully saturated rings. The highest BCUT2D eigenvalue weighted by Gasteiger charge is 2.34. The van der Waals surface area contributed by atoms with Gasteiger partial charge in [0, 0.05) is 37.1 Å². The van der Waals surface area contributed by atoms with Crippen molar-refractivity contribution in [1.82, 2.24) is 4.57 Å². The Balaban J connectivity index is 2.05. The first kappa shape index (κ1) is 11.8. The minimum Gasteiger partial charge on any atom is -0.369 e. The molecule has 98 valence electrons. The number of hydrogen-bond donors (Lipinski definition) is 1. The molecular weight excluding hydrogens is 242 g/mol. The molecule has 0 radical (unpaired) electrons. The zero-order valence-corrected chi connectivity index (χ0v) is 10.7. The molecule has 5 nitrogen and oxygen atoms in total. The Bertz CT molecular complexity index is 674. The fourth-order valence-electron chi connectivity index (χ4n) is 2.65. The quantitative estimate of drug-likeness (QED) is 0.872. The zero-order valence-electron chi connectivity index (χ0n) is 10.7. The van der Waals surface area contributed by atoms with E-state index in [-0.39, 0.29) is 18.2 Å². The lowest BCUT2D eigenvalue weighted by Gasteiger charge is -2.17. The van der Waals surface area contributed by atoms with Gasteiger partial charge in [-0.2, -0.15) is 0 Å². The van der Waals surface area contributed by atoms with Gasteiger partial charge in [0.1, 0.15) is 0 Å². The number of nitrogens with two attached hydrogens (primary N) is 1. The summed E-state index contributed by atoms with van der Waals surface area (Å²) in [6.07, 6.45) is 2.17. The van der Waals surface area contributed by atoms with Crippen molar-refractivity contribution in [2.75, 3.05) is 11.4 Å². The van der Waals surface area contributed by atoms with Crippen LogP contribution in [0.1, 0.15) is 6.42 Å². The first-order chi connectivity index (χ1) is 9.08. The monoisotopic (exact) mass is 257 g/mol. The fraction of sp³-hybridized carbons (Fsp3) is 0.286. The molecular formula is C14H15N3O2. The number of rotatable bonds is 2. The number of aryl methyl sites for hydroxylation is 1. The Morgan fingerprint density at radius 2 is 2.16 bits per heavy atom. The number of hydrogen-bond acceptors (Lipinski definition) is 2. The van der Waals surface area contributed by atoms with Crippen molar-refractivity contribution in [3.8, 4) is 0 Å². The Morgan fingerprint density at radius 3 is 2.84 bits per heavy atom. The topological polar surface area (TPSA) is 68.3 Å². The predicted molar refractivity (Wildman–Crippen MR) is 72.6 cm³/mol. The number of aromatic nitrogens is 1. The average molecular weight is 257 g/mol. The minimum absolute atomic E-state index is 0.0415. The van der Waals surface area contributed by atoms with E-state index >= 15 is 0 Å². The number of carbonyl (C=O) groups is 2. The normalized spacial score (nSPS) is 19.3. The summed E-state index contributed by atoms with van der Waals surface area (Å²) >= 11 is 0. The van der Waals surface area contributed by atoms with Crippen molar-refractivity contribution in [3.05, 3.63) is 30.5 Å². The number of carbonyl (C=O) groups excluding carboxylic acids is 2. The average Bonchev–Trinajstić information content (AvgIpc) is 2.94. The van der Waals surface area contributed by atoms with E-state index in [1.807, 2.05) is 42.1 Å². The summed E-state index contributed by atoms with van der Waals surface area (Å²) in [5, 5.41) is 1.02. The molecule has 2 heterocycles. The summed E-state index contributed by atoms with van der Waals surface area (Å²) in [5.41, 5.74) is 7.21. The van der Waals surface area contributed by atoms with E-state index in [9.17, 15) is 9.59 Å². The number of nitrogens with zero attached hydrogens (tertiary/aromatic N) is 2. The molecule has 19 heavy (non-hydrogen) atoms. The first-order valence-electron chi connectivity index (χ1n) is 6.21. The van der Waals surface area contributed by atoms with Gasteiger partial charge in [-0.3, -0.25) is 9.59 Å². The van der Waals surface area contributed by atoms with Crippen LogP contribution in [0.15, 0.2) is 30.5 Å². The molecule has 2 N–H and O–H groups in total. The van der Waals surface area contributed by atoms with Gasteiger partial charge >= 0.3 is 0 Å². The van der Waals surface area contributed by atoms with Crippen LogP contribution in [0, 0.1) is 5.92 Å². The minimum atomic E-state index is -0.406. The van der Waals surface area contributed by atoms with Gasteiger partial charge in [-0.25, -0.2) is 0 Å². The van der Waals surface area contributed by atoms with E-state index in [2.05, 4.69) is 0 Å². The second-order valence-electron chi connectivity index (χ2n) is 4.94. The van der Waals surface area contributed by atoms with E-state index in [0.29, 0.717) is 6.54 Å². The lowest BCUT2D eigenvalue weighted by atomic mass is 10.1. The molecule has 1 aliphatic rings. The predicted octanol–water partition coefficient (Wildman–Crippen LogP) is 1.02. The highest BCUT2D eigenvalue weighted by Crippen LogP contribution is 2.31. The lowest BCUT2D eigenvalue weighted by Crippen LogP contribution is -2.28. The largest absolute Gasteiger partial charge is 0.369 e. The molecule has 1 aromatic heterocycles. The maximum absolute atomic E-state index is 12.1. The number of amides is 2. The van der Waals surface area contributed by atoms with Gasteiger partial charge in [0.25, 0.3) is 0 Å². The summed E-state index contributed by atoms with van der Waals surface area (Å²) in [6.45, 7) is 0.377. The summed E-state index contributed by atoms with van der Waals surface area (Å²) in [5.74, 6) is -0.831. The van der Waals surface area contributed by atoms with Gasteiger partial charge in [0.05, 0.1) is 11.6 Å². The fourth-order valence-corrected chi connectivity index (χ4v) is 2.65. The van der Waals surface area contributed by atoms with Crippen LogP contribution in [-0.4, -0.2) is 22.9 Å². The molecule has 5 heteroatoms. The third-order valence-electron chi connectivity index (χ3n) is 3.72. The van der Waals surface area contributed by atoms with Crippen LogP contribution in [0.5, 0.6) is 0 Å². The van der Waals surface area contributed by atoms with Gasteiger partial charge in [0.15, 0.2) is 0 Å². The Hall–Kier alpha value is -2.30.